The Morgan fingerprint density at radius 2 is 1.87 bits per heavy atom. The Labute approximate surface area is 91.3 Å². The molecule has 0 saturated carbocycles. The summed E-state index contributed by atoms with van der Waals surface area (Å²) in [7, 11) is 0. The van der Waals surface area contributed by atoms with Crippen LogP contribution in [0.25, 0.3) is 0 Å². The molecule has 1 fully saturated rings. The Balaban J connectivity index is 2.16. The van der Waals surface area contributed by atoms with Gasteiger partial charge in [0.15, 0.2) is 0 Å². The number of aromatic nitrogens is 1. The highest BCUT2D eigenvalue weighted by Crippen LogP contribution is 2.21. The predicted molar refractivity (Wildman–Crippen MR) is 64.1 cm³/mol. The van der Waals surface area contributed by atoms with Gasteiger partial charge in [-0.3, -0.25) is 0 Å². The van der Waals surface area contributed by atoms with Crippen LogP contribution in [0.4, 0.5) is 11.5 Å². The first-order chi connectivity index (χ1) is 7.27. The SMILES string of the molecule is Cc1cc(N2CCCCCC2)cnc1N. The summed E-state index contributed by atoms with van der Waals surface area (Å²) in [6.07, 6.45) is 7.20. The van der Waals surface area contributed by atoms with E-state index >= 15 is 0 Å². The summed E-state index contributed by atoms with van der Waals surface area (Å²) < 4.78 is 0. The molecule has 1 saturated heterocycles. The van der Waals surface area contributed by atoms with Gasteiger partial charge in [0.05, 0.1) is 11.9 Å². The highest BCUT2D eigenvalue weighted by atomic mass is 15.1. The summed E-state index contributed by atoms with van der Waals surface area (Å²) in [5, 5.41) is 0. The van der Waals surface area contributed by atoms with E-state index in [1.165, 1.54) is 31.4 Å². The van der Waals surface area contributed by atoms with Crippen molar-refractivity contribution in [1.82, 2.24) is 4.98 Å². The predicted octanol–water partition coefficient (Wildman–Crippen LogP) is 2.35. The minimum atomic E-state index is 0.647. The summed E-state index contributed by atoms with van der Waals surface area (Å²) in [5.41, 5.74) is 8.03. The number of anilines is 2. The van der Waals surface area contributed by atoms with Crippen molar-refractivity contribution in [3.05, 3.63) is 17.8 Å². The van der Waals surface area contributed by atoms with E-state index in [-0.39, 0.29) is 0 Å². The zero-order chi connectivity index (χ0) is 10.7. The smallest absolute Gasteiger partial charge is 0.126 e. The Morgan fingerprint density at radius 3 is 2.47 bits per heavy atom. The van der Waals surface area contributed by atoms with Crippen molar-refractivity contribution in [2.45, 2.75) is 32.6 Å². The molecule has 3 heteroatoms. The van der Waals surface area contributed by atoms with Gasteiger partial charge < -0.3 is 10.6 Å². The maximum Gasteiger partial charge on any atom is 0.126 e. The molecular weight excluding hydrogens is 186 g/mol. The largest absolute Gasteiger partial charge is 0.383 e. The zero-order valence-electron chi connectivity index (χ0n) is 9.37. The van der Waals surface area contributed by atoms with E-state index in [2.05, 4.69) is 16.0 Å². The molecule has 1 aliphatic heterocycles. The third-order valence-electron chi connectivity index (χ3n) is 3.08. The summed E-state index contributed by atoms with van der Waals surface area (Å²) in [5.74, 6) is 0.647. The standard InChI is InChI=1S/C12H19N3/c1-10-8-11(9-14-12(10)13)15-6-4-2-3-5-7-15/h8-9H,2-7H2,1H3,(H2,13,14). The first-order valence-corrected chi connectivity index (χ1v) is 5.74. The lowest BCUT2D eigenvalue weighted by Crippen LogP contribution is -2.24. The van der Waals surface area contributed by atoms with Crippen LogP contribution in [0.5, 0.6) is 0 Å². The molecule has 15 heavy (non-hydrogen) atoms. The summed E-state index contributed by atoms with van der Waals surface area (Å²) in [6.45, 7) is 4.33. The van der Waals surface area contributed by atoms with Crippen molar-refractivity contribution in [2.24, 2.45) is 0 Å². The second kappa shape index (κ2) is 4.51. The van der Waals surface area contributed by atoms with Gasteiger partial charge in [-0.2, -0.15) is 0 Å². The molecule has 0 atom stereocenters. The average molecular weight is 205 g/mol. The Kier molecular flexibility index (Phi) is 3.09. The molecule has 0 amide bonds. The number of nitrogen functional groups attached to an aromatic ring is 1. The third-order valence-corrected chi connectivity index (χ3v) is 3.08. The van der Waals surface area contributed by atoms with Crippen LogP contribution in [0, 0.1) is 6.92 Å². The molecule has 0 spiro atoms. The monoisotopic (exact) mass is 205 g/mol. The van der Waals surface area contributed by atoms with E-state index in [1.54, 1.807) is 0 Å². The molecule has 0 radical (unpaired) electrons. The molecule has 1 aliphatic rings. The first kappa shape index (κ1) is 10.3. The van der Waals surface area contributed by atoms with Crippen LogP contribution < -0.4 is 10.6 Å². The number of pyridine rings is 1. The van der Waals surface area contributed by atoms with Gasteiger partial charge in [0.1, 0.15) is 5.82 Å². The quantitative estimate of drug-likeness (QED) is 0.765. The average Bonchev–Trinajstić information content (AvgIpc) is 2.50. The minimum Gasteiger partial charge on any atom is -0.383 e. The fourth-order valence-corrected chi connectivity index (χ4v) is 2.07. The highest BCUT2D eigenvalue weighted by molar-refractivity contribution is 5.52. The topological polar surface area (TPSA) is 42.2 Å². The molecular formula is C12H19N3. The number of nitrogens with zero attached hydrogens (tertiary/aromatic N) is 2. The van der Waals surface area contributed by atoms with Gasteiger partial charge in [-0.25, -0.2) is 4.98 Å². The molecule has 1 aromatic heterocycles. The highest BCUT2D eigenvalue weighted by Gasteiger charge is 2.10. The second-order valence-electron chi connectivity index (χ2n) is 4.30. The molecule has 1 aromatic rings. The van der Waals surface area contributed by atoms with Crippen LogP contribution >= 0.6 is 0 Å². The van der Waals surface area contributed by atoms with Gasteiger partial charge in [0.25, 0.3) is 0 Å². The van der Waals surface area contributed by atoms with Gasteiger partial charge >= 0.3 is 0 Å². The summed E-state index contributed by atoms with van der Waals surface area (Å²) in [6, 6.07) is 2.15. The van der Waals surface area contributed by atoms with Gasteiger partial charge in [0, 0.05) is 13.1 Å². The van der Waals surface area contributed by atoms with E-state index in [0.717, 1.165) is 18.7 Å². The van der Waals surface area contributed by atoms with Gasteiger partial charge in [-0.1, -0.05) is 12.8 Å². The molecule has 2 N–H and O–H groups in total. The van der Waals surface area contributed by atoms with Crippen molar-refractivity contribution < 1.29 is 0 Å². The van der Waals surface area contributed by atoms with Gasteiger partial charge in [0.2, 0.25) is 0 Å². The maximum absolute atomic E-state index is 5.72. The fourth-order valence-electron chi connectivity index (χ4n) is 2.07. The normalized spacial score (nSPS) is 17.5. The van der Waals surface area contributed by atoms with Crippen LogP contribution in [-0.4, -0.2) is 18.1 Å². The lowest BCUT2D eigenvalue weighted by molar-refractivity contribution is 0.726. The van der Waals surface area contributed by atoms with Crippen LogP contribution in [0.1, 0.15) is 31.2 Å². The number of nitrogens with two attached hydrogens (primary N) is 1. The van der Waals surface area contributed by atoms with Crippen LogP contribution in [0.15, 0.2) is 12.3 Å². The molecule has 0 bridgehead atoms. The first-order valence-electron chi connectivity index (χ1n) is 5.74. The lowest BCUT2D eigenvalue weighted by atomic mass is 10.2. The Bertz CT molecular complexity index is 328. The van der Waals surface area contributed by atoms with Crippen LogP contribution in [0.3, 0.4) is 0 Å². The van der Waals surface area contributed by atoms with Crippen molar-refractivity contribution in [3.8, 4) is 0 Å². The molecule has 2 heterocycles. The van der Waals surface area contributed by atoms with Crippen molar-refractivity contribution in [1.29, 1.82) is 0 Å². The minimum absolute atomic E-state index is 0.647. The van der Waals surface area contributed by atoms with E-state index in [9.17, 15) is 0 Å². The van der Waals surface area contributed by atoms with Gasteiger partial charge in [-0.15, -0.1) is 0 Å². The molecule has 0 aromatic carbocycles. The van der Waals surface area contributed by atoms with Crippen molar-refractivity contribution in [2.75, 3.05) is 23.7 Å². The summed E-state index contributed by atoms with van der Waals surface area (Å²) in [4.78, 5) is 6.64. The zero-order valence-corrected chi connectivity index (χ0v) is 9.37. The van der Waals surface area contributed by atoms with E-state index in [0.29, 0.717) is 5.82 Å². The third kappa shape index (κ3) is 2.41. The number of hydrogen-bond acceptors (Lipinski definition) is 3. The molecule has 0 unspecified atom stereocenters. The summed E-state index contributed by atoms with van der Waals surface area (Å²) >= 11 is 0. The van der Waals surface area contributed by atoms with E-state index in [4.69, 9.17) is 5.73 Å². The van der Waals surface area contributed by atoms with Crippen LogP contribution in [0.2, 0.25) is 0 Å². The Morgan fingerprint density at radius 1 is 1.20 bits per heavy atom. The fraction of sp³-hybridized carbons (Fsp3) is 0.583. The van der Waals surface area contributed by atoms with Crippen LogP contribution in [-0.2, 0) is 0 Å². The molecule has 2 rings (SSSR count). The van der Waals surface area contributed by atoms with Crippen molar-refractivity contribution >= 4 is 11.5 Å². The van der Waals surface area contributed by atoms with Crippen molar-refractivity contribution in [3.63, 3.8) is 0 Å². The Hall–Kier alpha value is -1.25. The van der Waals surface area contributed by atoms with E-state index < -0.39 is 0 Å². The molecule has 0 aliphatic carbocycles. The number of hydrogen-bond donors (Lipinski definition) is 1. The molecule has 82 valence electrons. The van der Waals surface area contributed by atoms with E-state index in [1.807, 2.05) is 13.1 Å². The van der Waals surface area contributed by atoms with Gasteiger partial charge in [-0.05, 0) is 31.4 Å². The number of aryl methyl sites for hydroxylation is 1. The number of rotatable bonds is 1. The maximum atomic E-state index is 5.72. The second-order valence-corrected chi connectivity index (χ2v) is 4.30. The lowest BCUT2D eigenvalue weighted by Gasteiger charge is -2.22. The molecule has 3 nitrogen and oxygen atoms in total.